The lowest BCUT2D eigenvalue weighted by molar-refractivity contribution is 0.0523. The number of likely N-dealkylation sites (N-methyl/N-ethyl adjacent to an activating group) is 1. The smallest absolute Gasteiger partial charge is 0.274 e. The number of imidazole rings is 1. The quantitative estimate of drug-likeness (QED) is 0.871. The van der Waals surface area contributed by atoms with E-state index in [1.54, 1.807) is 0 Å². The highest BCUT2D eigenvalue weighted by molar-refractivity contribution is 5.92. The molecular weight excluding hydrogens is 254 g/mol. The maximum Gasteiger partial charge on any atom is 0.274 e. The summed E-state index contributed by atoms with van der Waals surface area (Å²) in [5.74, 6) is 0.899. The highest BCUT2D eigenvalue weighted by atomic mass is 16.2. The molecule has 3 rings (SSSR count). The number of aromatic nitrogens is 2. The van der Waals surface area contributed by atoms with Crippen LogP contribution in [0.3, 0.4) is 0 Å². The standard InChI is InChI=1S/C14H23N5O/c1-3-17-7-8-18(9-11(17)2)13(20)12-10-19-6-4-5-15-14(19)16-12/h10-11H,3-9H2,1-2H3,(H,15,16). The topological polar surface area (TPSA) is 53.4 Å². The van der Waals surface area contributed by atoms with Gasteiger partial charge in [0.25, 0.3) is 5.91 Å². The summed E-state index contributed by atoms with van der Waals surface area (Å²) in [5.41, 5.74) is 0.576. The molecule has 0 spiro atoms. The Morgan fingerprint density at radius 2 is 2.30 bits per heavy atom. The molecule has 20 heavy (non-hydrogen) atoms. The van der Waals surface area contributed by atoms with Gasteiger partial charge in [-0.15, -0.1) is 0 Å². The molecule has 1 atom stereocenters. The van der Waals surface area contributed by atoms with Gasteiger partial charge in [-0.25, -0.2) is 4.98 Å². The first-order chi connectivity index (χ1) is 9.69. The predicted octanol–water partition coefficient (Wildman–Crippen LogP) is 0.865. The molecule has 1 saturated heterocycles. The molecule has 0 aliphatic carbocycles. The third-order valence-corrected chi connectivity index (χ3v) is 4.31. The minimum Gasteiger partial charge on any atom is -0.356 e. The zero-order valence-electron chi connectivity index (χ0n) is 12.3. The first-order valence-electron chi connectivity index (χ1n) is 7.53. The normalized spacial score (nSPS) is 23.3. The van der Waals surface area contributed by atoms with Crippen LogP contribution in [-0.2, 0) is 6.54 Å². The van der Waals surface area contributed by atoms with Crippen LogP contribution in [0.1, 0.15) is 30.8 Å². The maximum absolute atomic E-state index is 12.6. The number of piperazine rings is 1. The van der Waals surface area contributed by atoms with E-state index in [1.165, 1.54) is 0 Å². The van der Waals surface area contributed by atoms with Crippen molar-refractivity contribution in [3.63, 3.8) is 0 Å². The second kappa shape index (κ2) is 5.44. The molecule has 1 fully saturated rings. The third kappa shape index (κ3) is 2.40. The highest BCUT2D eigenvalue weighted by Gasteiger charge is 2.28. The van der Waals surface area contributed by atoms with Crippen LogP contribution in [0.5, 0.6) is 0 Å². The summed E-state index contributed by atoms with van der Waals surface area (Å²) in [6.45, 7) is 9.83. The molecule has 6 heteroatoms. The van der Waals surface area contributed by atoms with Gasteiger partial charge in [0.2, 0.25) is 5.95 Å². The van der Waals surface area contributed by atoms with Crippen molar-refractivity contribution >= 4 is 11.9 Å². The van der Waals surface area contributed by atoms with Crippen molar-refractivity contribution in [2.75, 3.05) is 38.0 Å². The summed E-state index contributed by atoms with van der Waals surface area (Å²) in [6.07, 6.45) is 2.98. The van der Waals surface area contributed by atoms with Crippen molar-refractivity contribution in [1.82, 2.24) is 19.4 Å². The van der Waals surface area contributed by atoms with Gasteiger partial charge in [0.1, 0.15) is 5.69 Å². The van der Waals surface area contributed by atoms with E-state index >= 15 is 0 Å². The number of fused-ring (bicyclic) bond motifs is 1. The molecule has 1 N–H and O–H groups in total. The number of hydrogen-bond donors (Lipinski definition) is 1. The zero-order valence-corrected chi connectivity index (χ0v) is 12.3. The predicted molar refractivity (Wildman–Crippen MR) is 77.9 cm³/mol. The lowest BCUT2D eigenvalue weighted by atomic mass is 10.2. The van der Waals surface area contributed by atoms with Gasteiger partial charge in [-0.05, 0) is 19.9 Å². The number of rotatable bonds is 2. The molecule has 0 radical (unpaired) electrons. The molecular formula is C14H23N5O. The van der Waals surface area contributed by atoms with Crippen LogP contribution in [0, 0.1) is 0 Å². The number of nitrogens with one attached hydrogen (secondary N) is 1. The minimum atomic E-state index is 0.0660. The number of anilines is 1. The Morgan fingerprint density at radius 3 is 3.00 bits per heavy atom. The summed E-state index contributed by atoms with van der Waals surface area (Å²) in [4.78, 5) is 21.3. The van der Waals surface area contributed by atoms with Crippen LogP contribution in [0.2, 0.25) is 0 Å². The molecule has 1 amide bonds. The van der Waals surface area contributed by atoms with Crippen LogP contribution in [-0.4, -0.2) is 64.0 Å². The monoisotopic (exact) mass is 277 g/mol. The molecule has 0 aromatic carbocycles. The fourth-order valence-corrected chi connectivity index (χ4v) is 3.09. The zero-order chi connectivity index (χ0) is 14.1. The number of hydrogen-bond acceptors (Lipinski definition) is 4. The molecule has 2 aliphatic heterocycles. The van der Waals surface area contributed by atoms with Gasteiger partial charge in [0, 0.05) is 45.0 Å². The molecule has 0 bridgehead atoms. The molecule has 1 unspecified atom stereocenters. The van der Waals surface area contributed by atoms with Crippen LogP contribution < -0.4 is 5.32 Å². The minimum absolute atomic E-state index is 0.0660. The van der Waals surface area contributed by atoms with E-state index in [0.717, 1.165) is 51.6 Å². The largest absolute Gasteiger partial charge is 0.356 e. The van der Waals surface area contributed by atoms with E-state index in [0.29, 0.717) is 11.7 Å². The average molecular weight is 277 g/mol. The molecule has 1 aromatic heterocycles. The summed E-state index contributed by atoms with van der Waals surface area (Å²) in [5, 5.41) is 3.24. The molecule has 0 saturated carbocycles. The Bertz CT molecular complexity index is 474. The van der Waals surface area contributed by atoms with Crippen LogP contribution in [0.4, 0.5) is 5.95 Å². The summed E-state index contributed by atoms with van der Waals surface area (Å²) < 4.78 is 2.04. The highest BCUT2D eigenvalue weighted by Crippen LogP contribution is 2.17. The Morgan fingerprint density at radius 1 is 1.45 bits per heavy atom. The summed E-state index contributed by atoms with van der Waals surface area (Å²) >= 11 is 0. The second-order valence-electron chi connectivity index (χ2n) is 5.65. The van der Waals surface area contributed by atoms with E-state index < -0.39 is 0 Å². The molecule has 1 aromatic rings. The van der Waals surface area contributed by atoms with E-state index in [-0.39, 0.29) is 5.91 Å². The lowest BCUT2D eigenvalue weighted by Crippen LogP contribution is -2.53. The third-order valence-electron chi connectivity index (χ3n) is 4.31. The Kier molecular flexibility index (Phi) is 3.65. The van der Waals surface area contributed by atoms with Gasteiger partial charge in [-0.3, -0.25) is 9.69 Å². The van der Waals surface area contributed by atoms with Gasteiger partial charge >= 0.3 is 0 Å². The number of amides is 1. The van der Waals surface area contributed by atoms with Crippen LogP contribution >= 0.6 is 0 Å². The number of nitrogens with zero attached hydrogens (tertiary/aromatic N) is 4. The van der Waals surface area contributed by atoms with Crippen LogP contribution in [0.25, 0.3) is 0 Å². The second-order valence-corrected chi connectivity index (χ2v) is 5.65. The van der Waals surface area contributed by atoms with Gasteiger partial charge in [-0.1, -0.05) is 6.92 Å². The van der Waals surface area contributed by atoms with E-state index in [9.17, 15) is 4.79 Å². The average Bonchev–Trinajstić information content (AvgIpc) is 2.90. The van der Waals surface area contributed by atoms with Crippen molar-refractivity contribution in [3.8, 4) is 0 Å². The first kappa shape index (κ1) is 13.4. The van der Waals surface area contributed by atoms with E-state index in [2.05, 4.69) is 29.0 Å². The van der Waals surface area contributed by atoms with Crippen molar-refractivity contribution in [2.45, 2.75) is 32.9 Å². The van der Waals surface area contributed by atoms with Gasteiger partial charge < -0.3 is 14.8 Å². The Balaban J connectivity index is 1.71. The lowest BCUT2D eigenvalue weighted by Gasteiger charge is -2.39. The fraction of sp³-hybridized carbons (Fsp3) is 0.714. The SMILES string of the molecule is CCN1CCN(C(=O)c2cn3c(n2)NCCC3)CC1C. The van der Waals surface area contributed by atoms with Crippen molar-refractivity contribution in [2.24, 2.45) is 0 Å². The summed E-state index contributed by atoms with van der Waals surface area (Å²) in [7, 11) is 0. The molecule has 2 aliphatic rings. The Labute approximate surface area is 119 Å². The number of aryl methyl sites for hydroxylation is 1. The van der Waals surface area contributed by atoms with Gasteiger partial charge in [-0.2, -0.15) is 0 Å². The van der Waals surface area contributed by atoms with Gasteiger partial charge in [0.15, 0.2) is 0 Å². The molecule has 110 valence electrons. The maximum atomic E-state index is 12.6. The number of carbonyl (C=O) groups is 1. The van der Waals surface area contributed by atoms with Crippen molar-refractivity contribution < 1.29 is 4.79 Å². The first-order valence-corrected chi connectivity index (χ1v) is 7.53. The molecule has 3 heterocycles. The number of carbonyl (C=O) groups excluding carboxylic acids is 1. The Hall–Kier alpha value is -1.56. The fourth-order valence-electron chi connectivity index (χ4n) is 3.09. The van der Waals surface area contributed by atoms with Crippen LogP contribution in [0.15, 0.2) is 6.20 Å². The van der Waals surface area contributed by atoms with E-state index in [4.69, 9.17) is 0 Å². The van der Waals surface area contributed by atoms with E-state index in [1.807, 2.05) is 15.7 Å². The summed E-state index contributed by atoms with van der Waals surface area (Å²) in [6, 6.07) is 0.424. The molecule has 6 nitrogen and oxygen atoms in total. The van der Waals surface area contributed by atoms with Crippen molar-refractivity contribution in [3.05, 3.63) is 11.9 Å². The van der Waals surface area contributed by atoms with Crippen molar-refractivity contribution in [1.29, 1.82) is 0 Å². The van der Waals surface area contributed by atoms with Gasteiger partial charge in [0.05, 0.1) is 0 Å².